The maximum absolute atomic E-state index is 13.9. The molecule has 1 aromatic carbocycles. The van der Waals surface area contributed by atoms with Crippen molar-refractivity contribution in [3.8, 4) is 0 Å². The lowest BCUT2D eigenvalue weighted by Crippen LogP contribution is -2.29. The van der Waals surface area contributed by atoms with Gasteiger partial charge in [0.2, 0.25) is 0 Å². The first-order valence-electron chi connectivity index (χ1n) is 6.94. The van der Waals surface area contributed by atoms with E-state index in [1.807, 2.05) is 0 Å². The second-order valence-electron chi connectivity index (χ2n) is 5.92. The third-order valence-corrected chi connectivity index (χ3v) is 4.49. The van der Waals surface area contributed by atoms with Crippen molar-refractivity contribution in [3.05, 3.63) is 39.7 Å². The van der Waals surface area contributed by atoms with Gasteiger partial charge in [0, 0.05) is 31.3 Å². The lowest BCUT2D eigenvalue weighted by Gasteiger charge is -2.22. The topological polar surface area (TPSA) is 58.4 Å². The fraction of sp³-hybridized carbons (Fsp3) is 0.571. The molecule has 0 aliphatic carbocycles. The summed E-state index contributed by atoms with van der Waals surface area (Å²) in [7, 11) is 0. The molecule has 1 N–H and O–H groups in total. The zero-order valence-corrected chi connectivity index (χ0v) is 11.3. The van der Waals surface area contributed by atoms with Gasteiger partial charge in [0.1, 0.15) is 5.82 Å². The minimum Gasteiger partial charge on any atom is -0.316 e. The highest BCUT2D eigenvalue weighted by Crippen LogP contribution is 2.36. The fourth-order valence-corrected chi connectivity index (χ4v) is 3.33. The van der Waals surface area contributed by atoms with Crippen LogP contribution in [0.4, 0.5) is 10.1 Å². The molecule has 0 bridgehead atoms. The molecular formula is C14H18FN3O2. The van der Waals surface area contributed by atoms with Crippen molar-refractivity contribution in [2.45, 2.75) is 19.4 Å². The molecule has 1 atom stereocenters. The third-order valence-electron chi connectivity index (χ3n) is 4.49. The maximum atomic E-state index is 13.9. The Morgan fingerprint density at radius 3 is 2.95 bits per heavy atom. The Morgan fingerprint density at radius 2 is 2.30 bits per heavy atom. The van der Waals surface area contributed by atoms with Crippen LogP contribution < -0.4 is 5.32 Å². The number of nitrogens with one attached hydrogen (secondary N) is 1. The molecule has 1 spiro atoms. The van der Waals surface area contributed by atoms with Gasteiger partial charge in [-0.2, -0.15) is 0 Å². The lowest BCUT2D eigenvalue weighted by molar-refractivity contribution is -0.385. The Morgan fingerprint density at radius 1 is 1.45 bits per heavy atom. The minimum atomic E-state index is -0.568. The number of halogens is 1. The molecule has 2 aliphatic heterocycles. The van der Waals surface area contributed by atoms with E-state index in [0.29, 0.717) is 17.5 Å². The van der Waals surface area contributed by atoms with Gasteiger partial charge in [-0.3, -0.25) is 15.0 Å². The second kappa shape index (κ2) is 5.10. The first-order chi connectivity index (χ1) is 9.58. The van der Waals surface area contributed by atoms with Crippen LogP contribution in [0.25, 0.3) is 0 Å². The molecule has 0 amide bonds. The Labute approximate surface area is 116 Å². The van der Waals surface area contributed by atoms with Crippen molar-refractivity contribution in [1.29, 1.82) is 0 Å². The van der Waals surface area contributed by atoms with Crippen molar-refractivity contribution >= 4 is 5.69 Å². The number of nitrogens with zero attached hydrogens (tertiary/aromatic N) is 2. The fourth-order valence-electron chi connectivity index (χ4n) is 3.33. The standard InChI is InChI=1S/C14H18FN3O2/c15-13-7-12(18(19)20)2-1-11(13)8-17-6-4-14(10-17)3-5-16-9-14/h1-2,7,16H,3-6,8-10H2. The highest BCUT2D eigenvalue weighted by atomic mass is 19.1. The summed E-state index contributed by atoms with van der Waals surface area (Å²) in [4.78, 5) is 12.3. The van der Waals surface area contributed by atoms with Crippen molar-refractivity contribution in [2.24, 2.45) is 5.41 Å². The molecule has 2 aliphatic rings. The molecule has 1 aromatic rings. The van der Waals surface area contributed by atoms with E-state index >= 15 is 0 Å². The van der Waals surface area contributed by atoms with Crippen LogP contribution in [0.5, 0.6) is 0 Å². The van der Waals surface area contributed by atoms with E-state index < -0.39 is 10.7 Å². The van der Waals surface area contributed by atoms with Gasteiger partial charge in [-0.15, -0.1) is 0 Å². The number of hydrogen-bond acceptors (Lipinski definition) is 4. The van der Waals surface area contributed by atoms with Gasteiger partial charge in [-0.1, -0.05) is 0 Å². The van der Waals surface area contributed by atoms with Gasteiger partial charge in [-0.05, 0) is 37.4 Å². The molecule has 0 radical (unpaired) electrons. The largest absolute Gasteiger partial charge is 0.316 e. The molecule has 5 nitrogen and oxygen atoms in total. The summed E-state index contributed by atoms with van der Waals surface area (Å²) in [6.07, 6.45) is 2.33. The number of nitro groups is 1. The Balaban J connectivity index is 1.68. The normalized spacial score (nSPS) is 26.4. The van der Waals surface area contributed by atoms with Gasteiger partial charge in [-0.25, -0.2) is 4.39 Å². The average Bonchev–Trinajstić information content (AvgIpc) is 3.03. The SMILES string of the molecule is O=[N+]([O-])c1ccc(CN2CCC3(CCNC3)C2)c(F)c1. The number of benzene rings is 1. The molecule has 1 unspecified atom stereocenters. The summed E-state index contributed by atoms with van der Waals surface area (Å²) in [5.41, 5.74) is 0.708. The van der Waals surface area contributed by atoms with Crippen molar-refractivity contribution in [1.82, 2.24) is 10.2 Å². The van der Waals surface area contributed by atoms with Crippen molar-refractivity contribution in [3.63, 3.8) is 0 Å². The predicted molar refractivity (Wildman–Crippen MR) is 72.9 cm³/mol. The van der Waals surface area contributed by atoms with Crippen LogP contribution in [0.2, 0.25) is 0 Å². The molecule has 20 heavy (non-hydrogen) atoms. The summed E-state index contributed by atoms with van der Waals surface area (Å²) in [6.45, 7) is 4.60. The highest BCUT2D eigenvalue weighted by molar-refractivity contribution is 5.34. The summed E-state index contributed by atoms with van der Waals surface area (Å²) >= 11 is 0. The van der Waals surface area contributed by atoms with Crippen LogP contribution in [-0.2, 0) is 6.54 Å². The smallest absolute Gasteiger partial charge is 0.272 e. The Bertz CT molecular complexity index is 529. The van der Waals surface area contributed by atoms with Gasteiger partial charge in [0.25, 0.3) is 5.69 Å². The van der Waals surface area contributed by atoms with Crippen LogP contribution in [0.15, 0.2) is 18.2 Å². The second-order valence-corrected chi connectivity index (χ2v) is 5.92. The number of rotatable bonds is 3. The quantitative estimate of drug-likeness (QED) is 0.678. The predicted octanol–water partition coefficient (Wildman–Crippen LogP) is 1.92. The van der Waals surface area contributed by atoms with Gasteiger partial charge in [0.15, 0.2) is 0 Å². The highest BCUT2D eigenvalue weighted by Gasteiger charge is 2.40. The van der Waals surface area contributed by atoms with Crippen LogP contribution in [0, 0.1) is 21.3 Å². The first kappa shape index (κ1) is 13.5. The van der Waals surface area contributed by atoms with E-state index in [1.54, 1.807) is 0 Å². The average molecular weight is 279 g/mol. The molecule has 108 valence electrons. The molecule has 2 fully saturated rings. The summed E-state index contributed by atoms with van der Waals surface area (Å²) < 4.78 is 13.9. The zero-order chi connectivity index (χ0) is 14.2. The molecule has 0 aromatic heterocycles. The van der Waals surface area contributed by atoms with E-state index in [2.05, 4.69) is 10.2 Å². The Hall–Kier alpha value is -1.53. The minimum absolute atomic E-state index is 0.191. The molecule has 2 saturated heterocycles. The van der Waals surface area contributed by atoms with Crippen molar-refractivity contribution < 1.29 is 9.31 Å². The van der Waals surface area contributed by atoms with E-state index in [0.717, 1.165) is 38.7 Å². The number of likely N-dealkylation sites (tertiary alicyclic amines) is 1. The number of nitro benzene ring substituents is 1. The van der Waals surface area contributed by atoms with Gasteiger partial charge >= 0.3 is 0 Å². The molecule has 2 heterocycles. The van der Waals surface area contributed by atoms with Crippen LogP contribution in [-0.4, -0.2) is 36.0 Å². The first-order valence-corrected chi connectivity index (χ1v) is 6.94. The number of non-ortho nitro benzene ring substituents is 1. The third kappa shape index (κ3) is 2.53. The monoisotopic (exact) mass is 279 g/mol. The van der Waals surface area contributed by atoms with E-state index in [9.17, 15) is 14.5 Å². The van der Waals surface area contributed by atoms with E-state index in [-0.39, 0.29) is 5.69 Å². The lowest BCUT2D eigenvalue weighted by atomic mass is 9.86. The summed E-state index contributed by atoms with van der Waals surface area (Å²) in [5, 5.41) is 14.0. The number of hydrogen-bond donors (Lipinski definition) is 1. The maximum Gasteiger partial charge on any atom is 0.272 e. The molecule has 0 saturated carbocycles. The van der Waals surface area contributed by atoms with Crippen LogP contribution >= 0.6 is 0 Å². The molecule has 3 rings (SSSR count). The van der Waals surface area contributed by atoms with E-state index in [1.165, 1.54) is 18.6 Å². The zero-order valence-electron chi connectivity index (χ0n) is 11.3. The summed E-state index contributed by atoms with van der Waals surface area (Å²) in [5.74, 6) is -0.482. The van der Waals surface area contributed by atoms with Gasteiger partial charge in [0.05, 0.1) is 11.0 Å². The van der Waals surface area contributed by atoms with Crippen molar-refractivity contribution in [2.75, 3.05) is 26.2 Å². The summed E-state index contributed by atoms with van der Waals surface area (Å²) in [6, 6.07) is 3.92. The van der Waals surface area contributed by atoms with Crippen LogP contribution in [0.1, 0.15) is 18.4 Å². The molecular weight excluding hydrogens is 261 g/mol. The Kier molecular flexibility index (Phi) is 3.43. The molecule has 6 heteroatoms. The van der Waals surface area contributed by atoms with E-state index in [4.69, 9.17) is 0 Å². The van der Waals surface area contributed by atoms with Gasteiger partial charge < -0.3 is 5.32 Å². The van der Waals surface area contributed by atoms with Crippen LogP contribution in [0.3, 0.4) is 0 Å².